The Bertz CT molecular complexity index is 1840. The van der Waals surface area contributed by atoms with E-state index in [1.54, 1.807) is 12.1 Å². The van der Waals surface area contributed by atoms with E-state index in [0.29, 0.717) is 42.6 Å². The van der Waals surface area contributed by atoms with Crippen LogP contribution in [0, 0.1) is 5.82 Å². The minimum atomic E-state index is -4.75. The highest BCUT2D eigenvalue weighted by molar-refractivity contribution is 5.92. The van der Waals surface area contributed by atoms with Gasteiger partial charge in [-0.1, -0.05) is 72.8 Å². The maximum absolute atomic E-state index is 15.2. The van der Waals surface area contributed by atoms with Gasteiger partial charge in [-0.2, -0.15) is 13.2 Å². The Balaban J connectivity index is 1.20. The number of benzene rings is 4. The molecule has 5 rings (SSSR count). The summed E-state index contributed by atoms with van der Waals surface area (Å²) in [5, 5.41) is 2.42. The van der Waals surface area contributed by atoms with Crippen molar-refractivity contribution in [3.05, 3.63) is 137 Å². The van der Waals surface area contributed by atoms with Crippen LogP contribution < -0.4 is 19.5 Å². The summed E-state index contributed by atoms with van der Waals surface area (Å²) in [6.45, 7) is 2.75. The molecule has 0 saturated heterocycles. The first-order valence-corrected chi connectivity index (χ1v) is 15.5. The fourth-order valence-corrected chi connectivity index (χ4v) is 4.89. The molecule has 5 aromatic rings. The number of halogens is 4. The number of hydrogen-bond donors (Lipinski definition) is 1. The number of aromatic nitrogens is 1. The molecule has 4 aromatic carbocycles. The Labute approximate surface area is 281 Å². The largest absolute Gasteiger partial charge is 0.493 e. The third-order valence-corrected chi connectivity index (χ3v) is 7.25. The Morgan fingerprint density at radius 1 is 0.776 bits per heavy atom. The summed E-state index contributed by atoms with van der Waals surface area (Å²) in [7, 11) is 0. The van der Waals surface area contributed by atoms with Gasteiger partial charge in [0.25, 0.3) is 0 Å². The highest BCUT2D eigenvalue weighted by Gasteiger charge is 2.35. The van der Waals surface area contributed by atoms with Crippen molar-refractivity contribution < 1.29 is 41.3 Å². The minimum absolute atomic E-state index is 0.0569. The zero-order valence-electron chi connectivity index (χ0n) is 26.6. The van der Waals surface area contributed by atoms with E-state index in [2.05, 4.69) is 10.3 Å². The van der Waals surface area contributed by atoms with E-state index in [4.69, 9.17) is 18.9 Å². The predicted molar refractivity (Wildman–Crippen MR) is 177 cm³/mol. The van der Waals surface area contributed by atoms with Crippen molar-refractivity contribution in [2.24, 2.45) is 0 Å². The van der Waals surface area contributed by atoms with Gasteiger partial charge in [0.2, 0.25) is 11.8 Å². The average molecular weight is 675 g/mol. The molecule has 0 unspecified atom stereocenters. The standard InChI is InChI=1S/C38H34F4N2O5/c1-2-47-35-22-37(49-25-27-11-7-4-8-12-27)43-23-31(35)28-13-14-29(33(39)19-28)20-36(45)44-30-15-16-34(32(21-30)38(40,41)42)48-18-17-46-24-26-9-5-3-6-10-26/h3-16,19,21-23H,2,17-18,20,24-25H2,1H3,(H,44,45). The van der Waals surface area contributed by atoms with Gasteiger partial charge in [0.15, 0.2) is 0 Å². The molecule has 1 aromatic heterocycles. The van der Waals surface area contributed by atoms with Gasteiger partial charge in [-0.05, 0) is 53.4 Å². The molecule has 0 atom stereocenters. The summed E-state index contributed by atoms with van der Waals surface area (Å²) in [4.78, 5) is 17.1. The Morgan fingerprint density at radius 3 is 2.16 bits per heavy atom. The lowest BCUT2D eigenvalue weighted by molar-refractivity contribution is -0.139. The molecule has 1 heterocycles. The van der Waals surface area contributed by atoms with Crippen LogP contribution in [0.4, 0.5) is 23.2 Å². The van der Waals surface area contributed by atoms with Crippen LogP contribution in [0.5, 0.6) is 17.4 Å². The van der Waals surface area contributed by atoms with E-state index in [9.17, 15) is 18.0 Å². The van der Waals surface area contributed by atoms with Crippen molar-refractivity contribution in [3.63, 3.8) is 0 Å². The van der Waals surface area contributed by atoms with Gasteiger partial charge >= 0.3 is 6.18 Å². The zero-order valence-corrected chi connectivity index (χ0v) is 26.6. The molecule has 0 bridgehead atoms. The molecule has 0 aliphatic rings. The van der Waals surface area contributed by atoms with Gasteiger partial charge in [0.1, 0.15) is 30.5 Å². The first-order valence-electron chi connectivity index (χ1n) is 15.5. The van der Waals surface area contributed by atoms with Crippen LogP contribution in [-0.4, -0.2) is 30.7 Å². The first-order chi connectivity index (χ1) is 23.7. The first kappa shape index (κ1) is 34.9. The third-order valence-electron chi connectivity index (χ3n) is 7.25. The van der Waals surface area contributed by atoms with Crippen molar-refractivity contribution in [1.82, 2.24) is 4.98 Å². The molecular weight excluding hydrogens is 640 g/mol. The molecule has 11 heteroatoms. The topological polar surface area (TPSA) is 78.9 Å². The molecule has 0 spiro atoms. The normalized spacial score (nSPS) is 11.2. The number of carbonyl (C=O) groups excluding carboxylic acids is 1. The number of alkyl halides is 3. The number of ether oxygens (including phenoxy) is 4. The SMILES string of the molecule is CCOc1cc(OCc2ccccc2)ncc1-c1ccc(CC(=O)Nc2ccc(OCCOCc3ccccc3)c(C(F)(F)F)c2)c(F)c1. The lowest BCUT2D eigenvalue weighted by Gasteiger charge is -2.16. The molecule has 254 valence electrons. The third kappa shape index (κ3) is 10.0. The highest BCUT2D eigenvalue weighted by atomic mass is 19.4. The molecule has 0 fully saturated rings. The summed E-state index contributed by atoms with van der Waals surface area (Å²) in [6.07, 6.45) is -3.63. The highest BCUT2D eigenvalue weighted by Crippen LogP contribution is 2.38. The van der Waals surface area contributed by atoms with Gasteiger partial charge in [-0.25, -0.2) is 9.37 Å². The Hall–Kier alpha value is -5.42. The second-order valence-electron chi connectivity index (χ2n) is 10.9. The second kappa shape index (κ2) is 16.6. The molecule has 0 aliphatic carbocycles. The van der Waals surface area contributed by atoms with Crippen LogP contribution >= 0.6 is 0 Å². The summed E-state index contributed by atoms with van der Waals surface area (Å²) >= 11 is 0. The molecule has 0 saturated carbocycles. The summed E-state index contributed by atoms with van der Waals surface area (Å²) in [5.74, 6) is -0.982. The van der Waals surface area contributed by atoms with Crippen LogP contribution in [0.15, 0.2) is 109 Å². The van der Waals surface area contributed by atoms with Gasteiger partial charge in [-0.3, -0.25) is 4.79 Å². The number of amides is 1. The Kier molecular flexibility index (Phi) is 11.8. The van der Waals surface area contributed by atoms with Crippen molar-refractivity contribution in [2.45, 2.75) is 32.7 Å². The van der Waals surface area contributed by atoms with Crippen LogP contribution in [0.1, 0.15) is 29.2 Å². The number of nitrogens with zero attached hydrogens (tertiary/aromatic N) is 1. The van der Waals surface area contributed by atoms with E-state index in [1.807, 2.05) is 67.6 Å². The van der Waals surface area contributed by atoms with E-state index < -0.39 is 35.6 Å². The summed E-state index contributed by atoms with van der Waals surface area (Å²) < 4.78 is 79.2. The number of nitrogens with one attached hydrogen (secondary N) is 1. The van der Waals surface area contributed by atoms with Crippen molar-refractivity contribution in [1.29, 1.82) is 0 Å². The zero-order chi connectivity index (χ0) is 34.6. The molecule has 49 heavy (non-hydrogen) atoms. The number of rotatable bonds is 15. The summed E-state index contributed by atoms with van der Waals surface area (Å²) in [5.41, 5.74) is 1.77. The number of pyridine rings is 1. The van der Waals surface area contributed by atoms with Crippen molar-refractivity contribution in [2.75, 3.05) is 25.1 Å². The minimum Gasteiger partial charge on any atom is -0.493 e. The quantitative estimate of drug-likeness (QED) is 0.0885. The van der Waals surface area contributed by atoms with E-state index in [0.717, 1.165) is 23.3 Å². The lowest BCUT2D eigenvalue weighted by atomic mass is 10.0. The van der Waals surface area contributed by atoms with Gasteiger partial charge in [0.05, 0.1) is 31.8 Å². The number of carbonyl (C=O) groups is 1. The Morgan fingerprint density at radius 2 is 1.49 bits per heavy atom. The van der Waals surface area contributed by atoms with Crippen LogP contribution in [0.3, 0.4) is 0 Å². The average Bonchev–Trinajstić information content (AvgIpc) is 3.09. The summed E-state index contributed by atoms with van der Waals surface area (Å²) in [6, 6.07) is 28.1. The van der Waals surface area contributed by atoms with E-state index >= 15 is 4.39 Å². The van der Waals surface area contributed by atoms with Crippen molar-refractivity contribution >= 4 is 11.6 Å². The lowest BCUT2D eigenvalue weighted by Crippen LogP contribution is -2.17. The van der Waals surface area contributed by atoms with Gasteiger partial charge in [-0.15, -0.1) is 0 Å². The van der Waals surface area contributed by atoms with Crippen LogP contribution in [-0.2, 0) is 35.3 Å². The maximum atomic E-state index is 15.2. The predicted octanol–water partition coefficient (Wildman–Crippen LogP) is 8.66. The van der Waals surface area contributed by atoms with Gasteiger partial charge in [0, 0.05) is 23.5 Å². The second-order valence-corrected chi connectivity index (χ2v) is 10.9. The van der Waals surface area contributed by atoms with Gasteiger partial charge < -0.3 is 24.3 Å². The smallest absolute Gasteiger partial charge is 0.420 e. The molecule has 0 radical (unpaired) electrons. The number of anilines is 1. The molecule has 0 aliphatic heterocycles. The number of hydrogen-bond acceptors (Lipinski definition) is 6. The monoisotopic (exact) mass is 674 g/mol. The molecule has 1 amide bonds. The molecule has 7 nitrogen and oxygen atoms in total. The van der Waals surface area contributed by atoms with Crippen LogP contribution in [0.2, 0.25) is 0 Å². The molecule has 1 N–H and O–H groups in total. The van der Waals surface area contributed by atoms with Crippen LogP contribution in [0.25, 0.3) is 11.1 Å². The fraction of sp³-hybridized carbons (Fsp3) is 0.211. The maximum Gasteiger partial charge on any atom is 0.420 e. The van der Waals surface area contributed by atoms with E-state index in [1.165, 1.54) is 24.4 Å². The molecular formula is C38H34F4N2O5. The van der Waals surface area contributed by atoms with Crippen molar-refractivity contribution in [3.8, 4) is 28.5 Å². The fourth-order valence-electron chi connectivity index (χ4n) is 4.89. The van der Waals surface area contributed by atoms with E-state index in [-0.39, 0.29) is 24.5 Å².